The normalized spacial score (nSPS) is 11.1. The summed E-state index contributed by atoms with van der Waals surface area (Å²) >= 11 is 0. The van der Waals surface area contributed by atoms with Crippen molar-refractivity contribution in [2.24, 2.45) is 0 Å². The summed E-state index contributed by atoms with van der Waals surface area (Å²) in [6.45, 7) is 0. The molecule has 0 bridgehead atoms. The zero-order valence-electron chi connectivity index (χ0n) is 14.2. The Bertz CT molecular complexity index is 1210. The van der Waals surface area contributed by atoms with Crippen LogP contribution in [0.4, 0.5) is 8.78 Å². The van der Waals surface area contributed by atoms with E-state index >= 15 is 0 Å². The molecule has 1 aromatic heterocycles. The minimum atomic E-state index is -0.786. The maximum atomic E-state index is 13.8. The van der Waals surface area contributed by atoms with E-state index < -0.39 is 33.5 Å². The molecule has 0 atom stereocenters. The molecule has 0 aliphatic heterocycles. The van der Waals surface area contributed by atoms with Crippen LogP contribution in [0, 0.1) is 11.6 Å². The first-order chi connectivity index (χ1) is 13.0. The smallest absolute Gasteiger partial charge is 0.338 e. The molecule has 1 heterocycles. The summed E-state index contributed by atoms with van der Waals surface area (Å²) in [5.74, 6) is -1.55. The lowest BCUT2D eigenvalue weighted by Gasteiger charge is -2.05. The summed E-state index contributed by atoms with van der Waals surface area (Å²) in [6.07, 6.45) is 0. The molecule has 0 spiro atoms. The number of hydrogen-bond acceptors (Lipinski definition) is 3. The van der Waals surface area contributed by atoms with Crippen LogP contribution in [0.15, 0.2) is 65.5 Å². The van der Waals surface area contributed by atoms with Gasteiger partial charge < -0.3 is 4.74 Å². The molecule has 0 amide bonds. The van der Waals surface area contributed by atoms with Gasteiger partial charge in [0.1, 0.15) is 11.6 Å². The van der Waals surface area contributed by atoms with Gasteiger partial charge >= 0.3 is 5.97 Å². The molecule has 0 aliphatic rings. The van der Waals surface area contributed by atoms with Crippen molar-refractivity contribution in [3.63, 3.8) is 0 Å². The van der Waals surface area contributed by atoms with E-state index in [4.69, 9.17) is 4.74 Å². The minimum absolute atomic E-state index is 0.208. The van der Waals surface area contributed by atoms with Crippen LogP contribution in [-0.4, -0.2) is 13.1 Å². The lowest BCUT2D eigenvalue weighted by atomic mass is 10.2. The summed E-state index contributed by atoms with van der Waals surface area (Å²) in [4.78, 5) is 25.5. The SMILES string of the molecule is COC(=O)c1cccc(-[s+]2c3ccc(F)cc3c(=O)c3cc(F)ccc32)c1. The molecule has 27 heavy (non-hydrogen) atoms. The quantitative estimate of drug-likeness (QED) is 0.273. The standard InChI is InChI=1S/C21H13F2O3S/c1-26-21(25)12-3-2-4-15(9-12)27-18-7-5-13(22)10-16(18)20(24)17-11-14(23)6-8-19(17)27/h2-11H,1H3/q+1. The molecule has 0 aliphatic carbocycles. The summed E-state index contributed by atoms with van der Waals surface area (Å²) in [6, 6.07) is 14.9. The maximum Gasteiger partial charge on any atom is 0.338 e. The van der Waals surface area contributed by atoms with E-state index in [0.29, 0.717) is 15.0 Å². The fourth-order valence-corrected chi connectivity index (χ4v) is 5.46. The largest absolute Gasteiger partial charge is 0.465 e. The Hall–Kier alpha value is -3.12. The van der Waals surface area contributed by atoms with Crippen LogP contribution < -0.4 is 5.43 Å². The highest BCUT2D eigenvalue weighted by Gasteiger charge is 2.24. The van der Waals surface area contributed by atoms with Crippen molar-refractivity contribution >= 4 is 36.6 Å². The molecule has 3 aromatic carbocycles. The number of ether oxygens (including phenoxy) is 1. The number of hydrogen-bond donors (Lipinski definition) is 0. The van der Waals surface area contributed by atoms with Crippen LogP contribution in [0.1, 0.15) is 10.4 Å². The molecule has 0 unspecified atom stereocenters. The van der Waals surface area contributed by atoms with Gasteiger partial charge in [-0.05, 0) is 36.4 Å². The Balaban J connectivity index is 2.17. The van der Waals surface area contributed by atoms with Crippen molar-refractivity contribution in [3.8, 4) is 4.90 Å². The number of methoxy groups -OCH3 is 1. The minimum Gasteiger partial charge on any atom is -0.465 e. The number of benzene rings is 3. The summed E-state index contributed by atoms with van der Waals surface area (Å²) < 4.78 is 33.6. The van der Waals surface area contributed by atoms with Crippen molar-refractivity contribution < 1.29 is 18.3 Å². The molecule has 0 N–H and O–H groups in total. The van der Waals surface area contributed by atoms with Gasteiger partial charge in [-0.25, -0.2) is 13.6 Å². The van der Waals surface area contributed by atoms with Crippen LogP contribution in [0.2, 0.25) is 0 Å². The van der Waals surface area contributed by atoms with E-state index in [1.54, 1.807) is 30.3 Å². The number of esters is 1. The van der Waals surface area contributed by atoms with Crippen LogP contribution in [0.5, 0.6) is 0 Å². The second-order valence-corrected chi connectivity index (χ2v) is 7.90. The van der Waals surface area contributed by atoms with Crippen molar-refractivity contribution in [1.82, 2.24) is 0 Å². The number of carbonyl (C=O) groups excluding carboxylic acids is 1. The lowest BCUT2D eigenvalue weighted by molar-refractivity contribution is 0.0601. The topological polar surface area (TPSA) is 43.4 Å². The first-order valence-corrected chi connectivity index (χ1v) is 9.28. The summed E-state index contributed by atoms with van der Waals surface area (Å²) in [7, 11) is 0.512. The van der Waals surface area contributed by atoms with Gasteiger partial charge in [0.25, 0.3) is 0 Å². The van der Waals surface area contributed by atoms with Gasteiger partial charge in [0.2, 0.25) is 5.43 Å². The molecule has 134 valence electrons. The molecule has 0 saturated heterocycles. The highest BCUT2D eigenvalue weighted by atomic mass is 32.2. The molecule has 0 saturated carbocycles. The second kappa shape index (κ2) is 6.55. The van der Waals surface area contributed by atoms with E-state index in [1.807, 2.05) is 6.07 Å². The zero-order chi connectivity index (χ0) is 19.1. The summed E-state index contributed by atoms with van der Waals surface area (Å²) in [5, 5.41) is 0.416. The van der Waals surface area contributed by atoms with Gasteiger partial charge in [-0.2, -0.15) is 0 Å². The van der Waals surface area contributed by atoms with Gasteiger partial charge in [-0.1, -0.05) is 6.07 Å². The van der Waals surface area contributed by atoms with Crippen LogP contribution in [-0.2, 0) is 4.74 Å². The zero-order valence-corrected chi connectivity index (χ0v) is 15.0. The van der Waals surface area contributed by atoms with Gasteiger partial charge in [0.15, 0.2) is 14.3 Å². The Morgan fingerprint density at radius 2 is 1.48 bits per heavy atom. The van der Waals surface area contributed by atoms with Crippen molar-refractivity contribution in [2.75, 3.05) is 7.11 Å². The second-order valence-electron chi connectivity index (χ2n) is 5.94. The molecule has 0 radical (unpaired) electrons. The van der Waals surface area contributed by atoms with E-state index in [9.17, 15) is 18.4 Å². The van der Waals surface area contributed by atoms with Gasteiger partial charge in [-0.3, -0.25) is 4.79 Å². The van der Waals surface area contributed by atoms with Crippen LogP contribution in [0.25, 0.3) is 25.1 Å². The molecular formula is C21H13F2O3S+. The first-order valence-electron chi connectivity index (χ1n) is 8.06. The van der Waals surface area contributed by atoms with Gasteiger partial charge in [-0.15, -0.1) is 0 Å². The predicted octanol–water partition coefficient (Wildman–Crippen LogP) is 5.16. The third kappa shape index (κ3) is 2.88. The van der Waals surface area contributed by atoms with Crippen LogP contribution in [0.3, 0.4) is 0 Å². The van der Waals surface area contributed by atoms with Crippen molar-refractivity contribution in [2.45, 2.75) is 0 Å². The van der Waals surface area contributed by atoms with Crippen molar-refractivity contribution in [1.29, 1.82) is 0 Å². The average molecular weight is 383 g/mol. The highest BCUT2D eigenvalue weighted by Crippen LogP contribution is 2.43. The first kappa shape index (κ1) is 17.3. The lowest BCUT2D eigenvalue weighted by Crippen LogP contribution is -2.04. The van der Waals surface area contributed by atoms with Crippen LogP contribution >= 0.6 is 10.5 Å². The predicted molar refractivity (Wildman–Crippen MR) is 103 cm³/mol. The Morgan fingerprint density at radius 1 is 0.889 bits per heavy atom. The fourth-order valence-electron chi connectivity index (χ4n) is 3.10. The fraction of sp³-hybridized carbons (Fsp3) is 0.0476. The number of carbonyl (C=O) groups is 1. The third-order valence-electron chi connectivity index (χ3n) is 4.30. The van der Waals surface area contributed by atoms with E-state index in [1.165, 1.54) is 31.4 Å². The Kier molecular flexibility index (Phi) is 4.20. The van der Waals surface area contributed by atoms with E-state index in [-0.39, 0.29) is 10.8 Å². The van der Waals surface area contributed by atoms with Gasteiger partial charge in [0, 0.05) is 28.7 Å². The maximum absolute atomic E-state index is 13.8. The Labute approximate surface area is 155 Å². The number of rotatable bonds is 2. The molecule has 4 rings (SSSR count). The Morgan fingerprint density at radius 3 is 2.04 bits per heavy atom. The van der Waals surface area contributed by atoms with Gasteiger partial charge in [0.05, 0.1) is 23.4 Å². The molecule has 4 aromatic rings. The number of fused-ring (bicyclic) bond motifs is 2. The highest BCUT2D eigenvalue weighted by molar-refractivity contribution is 7.49. The van der Waals surface area contributed by atoms with E-state index in [0.717, 1.165) is 4.90 Å². The third-order valence-corrected chi connectivity index (χ3v) is 6.62. The van der Waals surface area contributed by atoms with Crippen molar-refractivity contribution in [3.05, 3.63) is 88.1 Å². The summed E-state index contributed by atoms with van der Waals surface area (Å²) in [5.41, 5.74) is -0.0430. The molecule has 3 nitrogen and oxygen atoms in total. The number of halogens is 2. The molecular weight excluding hydrogens is 370 g/mol. The molecule has 6 heteroatoms. The molecule has 0 fully saturated rings. The average Bonchev–Trinajstić information content (AvgIpc) is 2.68. The monoisotopic (exact) mass is 383 g/mol. The van der Waals surface area contributed by atoms with E-state index in [2.05, 4.69) is 0 Å².